The zero-order valence-electron chi connectivity index (χ0n) is 12.5. The molecule has 114 valence electrons. The van der Waals surface area contributed by atoms with Crippen LogP contribution in [0.5, 0.6) is 0 Å². The van der Waals surface area contributed by atoms with Crippen LogP contribution in [-0.2, 0) is 18.3 Å². The smallest absolute Gasteiger partial charge is 0.228 e. The largest absolute Gasteiger partial charge is 0.324 e. The standard InChI is InChI=1S/C18H14ClN3O/c1-22-16(10-15(21-22)11-5-3-2-4-6-11)12-7-8-14(19)18-13(12)9-17(23)20-18/h2-8,10H,9H2,1H3,(H,20,23). The lowest BCUT2D eigenvalue weighted by Crippen LogP contribution is -2.03. The minimum atomic E-state index is -0.0280. The van der Waals surface area contributed by atoms with Crippen molar-refractivity contribution in [3.05, 3.63) is 59.1 Å². The SMILES string of the molecule is Cn1nc(-c2ccccc2)cc1-c1ccc(Cl)c2c1CC(=O)N2. The summed E-state index contributed by atoms with van der Waals surface area (Å²) in [6.45, 7) is 0. The number of rotatable bonds is 2. The maximum atomic E-state index is 11.8. The first kappa shape index (κ1) is 14.0. The first-order valence-electron chi connectivity index (χ1n) is 7.34. The Bertz CT molecular complexity index is 916. The Kier molecular flexibility index (Phi) is 3.20. The number of fused-ring (bicyclic) bond motifs is 1. The van der Waals surface area contributed by atoms with Gasteiger partial charge in [-0.2, -0.15) is 5.10 Å². The van der Waals surface area contributed by atoms with Gasteiger partial charge in [0.2, 0.25) is 5.91 Å². The molecule has 2 aromatic carbocycles. The number of hydrogen-bond donors (Lipinski definition) is 1. The lowest BCUT2D eigenvalue weighted by molar-refractivity contribution is -0.115. The van der Waals surface area contributed by atoms with E-state index in [0.717, 1.165) is 33.8 Å². The lowest BCUT2D eigenvalue weighted by Gasteiger charge is -2.08. The van der Waals surface area contributed by atoms with Gasteiger partial charge in [0, 0.05) is 18.2 Å². The van der Waals surface area contributed by atoms with Crippen molar-refractivity contribution in [3.63, 3.8) is 0 Å². The van der Waals surface area contributed by atoms with Crippen LogP contribution in [-0.4, -0.2) is 15.7 Å². The second-order valence-corrected chi connectivity index (χ2v) is 5.99. The highest BCUT2D eigenvalue weighted by Crippen LogP contribution is 2.39. The summed E-state index contributed by atoms with van der Waals surface area (Å²) >= 11 is 6.20. The fourth-order valence-electron chi connectivity index (χ4n) is 2.99. The van der Waals surface area contributed by atoms with Gasteiger partial charge in [-0.3, -0.25) is 9.48 Å². The van der Waals surface area contributed by atoms with Crippen molar-refractivity contribution in [2.75, 3.05) is 5.32 Å². The van der Waals surface area contributed by atoms with Crippen LogP contribution in [0.1, 0.15) is 5.56 Å². The van der Waals surface area contributed by atoms with Gasteiger partial charge in [0.1, 0.15) is 0 Å². The van der Waals surface area contributed by atoms with Crippen LogP contribution in [0.2, 0.25) is 5.02 Å². The van der Waals surface area contributed by atoms with Crippen LogP contribution >= 0.6 is 11.6 Å². The molecule has 0 spiro atoms. The minimum Gasteiger partial charge on any atom is -0.324 e. The van der Waals surface area contributed by atoms with E-state index >= 15 is 0 Å². The van der Waals surface area contributed by atoms with Crippen LogP contribution < -0.4 is 5.32 Å². The lowest BCUT2D eigenvalue weighted by atomic mass is 10.0. The van der Waals surface area contributed by atoms with Crippen molar-refractivity contribution in [2.45, 2.75) is 6.42 Å². The first-order chi connectivity index (χ1) is 11.1. The molecule has 0 unspecified atom stereocenters. The summed E-state index contributed by atoms with van der Waals surface area (Å²) in [5, 5.41) is 8.01. The third kappa shape index (κ3) is 2.32. The van der Waals surface area contributed by atoms with Gasteiger partial charge in [-0.25, -0.2) is 0 Å². The molecular formula is C18H14ClN3O. The molecule has 0 saturated heterocycles. The zero-order valence-corrected chi connectivity index (χ0v) is 13.3. The summed E-state index contributed by atoms with van der Waals surface area (Å²) in [6, 6.07) is 15.8. The number of benzene rings is 2. The summed E-state index contributed by atoms with van der Waals surface area (Å²) < 4.78 is 1.84. The van der Waals surface area contributed by atoms with Crippen molar-refractivity contribution >= 4 is 23.2 Å². The average molecular weight is 324 g/mol. The second kappa shape index (κ2) is 5.25. The number of aromatic nitrogens is 2. The predicted octanol–water partition coefficient (Wildman–Crippen LogP) is 3.90. The molecule has 1 N–H and O–H groups in total. The molecule has 4 nitrogen and oxygen atoms in total. The van der Waals surface area contributed by atoms with E-state index in [1.54, 1.807) is 0 Å². The topological polar surface area (TPSA) is 46.9 Å². The minimum absolute atomic E-state index is 0.0280. The monoisotopic (exact) mass is 323 g/mol. The number of nitrogens with zero attached hydrogens (tertiary/aromatic N) is 2. The summed E-state index contributed by atoms with van der Waals surface area (Å²) in [5.41, 5.74) is 5.58. The van der Waals surface area contributed by atoms with Gasteiger partial charge in [-0.05, 0) is 17.7 Å². The third-order valence-corrected chi connectivity index (χ3v) is 4.40. The van der Waals surface area contributed by atoms with Crippen LogP contribution in [0.15, 0.2) is 48.5 Å². The molecular weight excluding hydrogens is 310 g/mol. The van der Waals surface area contributed by atoms with Crippen LogP contribution in [0, 0.1) is 0 Å². The van der Waals surface area contributed by atoms with E-state index < -0.39 is 0 Å². The predicted molar refractivity (Wildman–Crippen MR) is 91.4 cm³/mol. The van der Waals surface area contributed by atoms with Gasteiger partial charge in [0.05, 0.1) is 28.5 Å². The van der Waals surface area contributed by atoms with Crippen molar-refractivity contribution in [2.24, 2.45) is 7.05 Å². The summed E-state index contributed by atoms with van der Waals surface area (Å²) in [5.74, 6) is -0.0280. The quantitative estimate of drug-likeness (QED) is 0.777. The van der Waals surface area contributed by atoms with E-state index in [-0.39, 0.29) is 5.91 Å². The van der Waals surface area contributed by atoms with E-state index in [1.807, 2.05) is 60.3 Å². The van der Waals surface area contributed by atoms with Crippen molar-refractivity contribution in [1.29, 1.82) is 0 Å². The van der Waals surface area contributed by atoms with Crippen molar-refractivity contribution < 1.29 is 4.79 Å². The molecule has 0 saturated carbocycles. The Morgan fingerprint density at radius 1 is 1.17 bits per heavy atom. The average Bonchev–Trinajstić information content (AvgIpc) is 3.12. The van der Waals surface area contributed by atoms with E-state index in [0.29, 0.717) is 11.4 Å². The molecule has 0 atom stereocenters. The second-order valence-electron chi connectivity index (χ2n) is 5.58. The van der Waals surface area contributed by atoms with Gasteiger partial charge in [0.25, 0.3) is 0 Å². The highest BCUT2D eigenvalue weighted by Gasteiger charge is 2.25. The Hall–Kier alpha value is -2.59. The fourth-order valence-corrected chi connectivity index (χ4v) is 3.22. The molecule has 1 aliphatic rings. The van der Waals surface area contributed by atoms with Crippen LogP contribution in [0.4, 0.5) is 5.69 Å². The molecule has 1 amide bonds. The number of carbonyl (C=O) groups excluding carboxylic acids is 1. The van der Waals surface area contributed by atoms with Gasteiger partial charge in [-0.15, -0.1) is 0 Å². The maximum Gasteiger partial charge on any atom is 0.228 e. The van der Waals surface area contributed by atoms with Crippen molar-refractivity contribution in [1.82, 2.24) is 9.78 Å². The van der Waals surface area contributed by atoms with Crippen LogP contribution in [0.25, 0.3) is 22.5 Å². The number of hydrogen-bond acceptors (Lipinski definition) is 2. The number of amides is 1. The maximum absolute atomic E-state index is 11.8. The Morgan fingerprint density at radius 3 is 2.74 bits per heavy atom. The Balaban J connectivity index is 1.86. The Morgan fingerprint density at radius 2 is 1.96 bits per heavy atom. The van der Waals surface area contributed by atoms with E-state index in [2.05, 4.69) is 10.4 Å². The number of carbonyl (C=O) groups is 1. The Labute approximate surface area is 138 Å². The number of halogens is 1. The van der Waals surface area contributed by atoms with Crippen LogP contribution in [0.3, 0.4) is 0 Å². The van der Waals surface area contributed by atoms with E-state index in [4.69, 9.17) is 11.6 Å². The molecule has 0 aliphatic carbocycles. The molecule has 0 bridgehead atoms. The van der Waals surface area contributed by atoms with Gasteiger partial charge in [0.15, 0.2) is 0 Å². The van der Waals surface area contributed by atoms with E-state index in [1.165, 1.54) is 0 Å². The molecule has 3 aromatic rings. The molecule has 1 aromatic heterocycles. The third-order valence-electron chi connectivity index (χ3n) is 4.09. The summed E-state index contributed by atoms with van der Waals surface area (Å²) in [4.78, 5) is 11.8. The molecule has 1 aliphatic heterocycles. The number of nitrogens with one attached hydrogen (secondary N) is 1. The molecule has 5 heteroatoms. The van der Waals surface area contributed by atoms with Crippen molar-refractivity contribution in [3.8, 4) is 22.5 Å². The number of aryl methyl sites for hydroxylation is 1. The summed E-state index contributed by atoms with van der Waals surface area (Å²) in [6.07, 6.45) is 0.344. The molecule has 23 heavy (non-hydrogen) atoms. The van der Waals surface area contributed by atoms with E-state index in [9.17, 15) is 4.79 Å². The van der Waals surface area contributed by atoms with Gasteiger partial charge >= 0.3 is 0 Å². The number of anilines is 1. The molecule has 4 rings (SSSR count). The van der Waals surface area contributed by atoms with Gasteiger partial charge < -0.3 is 5.32 Å². The van der Waals surface area contributed by atoms with Gasteiger partial charge in [-0.1, -0.05) is 48.0 Å². The highest BCUT2D eigenvalue weighted by atomic mass is 35.5. The molecule has 2 heterocycles. The normalized spacial score (nSPS) is 13.0. The highest BCUT2D eigenvalue weighted by molar-refractivity contribution is 6.34. The first-order valence-corrected chi connectivity index (χ1v) is 7.72. The summed E-state index contributed by atoms with van der Waals surface area (Å²) in [7, 11) is 1.91. The fraction of sp³-hybridized carbons (Fsp3) is 0.111. The zero-order chi connectivity index (χ0) is 16.0. The molecule has 0 fully saturated rings. The molecule has 0 radical (unpaired) electrons.